The zero-order valence-electron chi connectivity index (χ0n) is 10.0. The minimum absolute atomic E-state index is 0.592. The molecule has 2 aromatic rings. The van der Waals surface area contributed by atoms with Crippen molar-refractivity contribution in [2.45, 2.75) is 23.1 Å². The summed E-state index contributed by atoms with van der Waals surface area (Å²) in [4.78, 5) is 8.67. The number of hydrogen-bond donors (Lipinski definition) is 1. The van der Waals surface area contributed by atoms with Crippen LogP contribution in [-0.2, 0) is 4.74 Å². The van der Waals surface area contributed by atoms with E-state index in [0.717, 1.165) is 47.7 Å². The molecule has 2 heterocycles. The third kappa shape index (κ3) is 2.42. The van der Waals surface area contributed by atoms with Gasteiger partial charge in [0.05, 0.1) is 5.52 Å². The van der Waals surface area contributed by atoms with Crippen molar-refractivity contribution in [2.24, 2.45) is 0 Å². The fourth-order valence-corrected chi connectivity index (χ4v) is 3.25. The highest BCUT2D eigenvalue weighted by Crippen LogP contribution is 2.32. The Kier molecular flexibility index (Phi) is 3.34. The molecule has 0 unspecified atom stereocenters. The van der Waals surface area contributed by atoms with E-state index in [0.29, 0.717) is 5.25 Å². The fraction of sp³-hybridized carbons (Fsp3) is 0.385. The monoisotopic (exact) mass is 261 g/mol. The molecule has 1 aliphatic heterocycles. The highest BCUT2D eigenvalue weighted by molar-refractivity contribution is 8.00. The van der Waals surface area contributed by atoms with Gasteiger partial charge in [-0.05, 0) is 31.0 Å². The van der Waals surface area contributed by atoms with Crippen LogP contribution in [0.3, 0.4) is 0 Å². The Morgan fingerprint density at radius 1 is 1.22 bits per heavy atom. The molecule has 0 amide bonds. The van der Waals surface area contributed by atoms with E-state index >= 15 is 0 Å². The largest absolute Gasteiger partial charge is 0.399 e. The Morgan fingerprint density at radius 3 is 2.89 bits per heavy atom. The van der Waals surface area contributed by atoms with Crippen LogP contribution in [0.2, 0.25) is 0 Å². The number of fused-ring (bicyclic) bond motifs is 1. The molecule has 4 nitrogen and oxygen atoms in total. The molecule has 3 rings (SSSR count). The van der Waals surface area contributed by atoms with Gasteiger partial charge in [0, 0.05) is 29.5 Å². The molecule has 1 saturated heterocycles. The highest BCUT2D eigenvalue weighted by Gasteiger charge is 2.17. The van der Waals surface area contributed by atoms with Crippen LogP contribution in [-0.4, -0.2) is 28.4 Å². The van der Waals surface area contributed by atoms with Crippen LogP contribution in [0.4, 0.5) is 5.69 Å². The standard InChI is InChI=1S/C13H15N3OS/c14-9-1-2-11-12(7-9)15-8-16-13(11)18-10-3-5-17-6-4-10/h1-2,7-8,10H,3-6,14H2. The van der Waals surface area contributed by atoms with Gasteiger partial charge in [0.1, 0.15) is 11.4 Å². The Bertz CT molecular complexity index is 555. The van der Waals surface area contributed by atoms with Crippen molar-refractivity contribution in [1.82, 2.24) is 9.97 Å². The van der Waals surface area contributed by atoms with Crippen LogP contribution in [0.15, 0.2) is 29.6 Å². The van der Waals surface area contributed by atoms with Crippen molar-refractivity contribution in [1.29, 1.82) is 0 Å². The van der Waals surface area contributed by atoms with E-state index < -0.39 is 0 Å². The van der Waals surface area contributed by atoms with Crippen molar-refractivity contribution < 1.29 is 4.74 Å². The molecular formula is C13H15N3OS. The van der Waals surface area contributed by atoms with Gasteiger partial charge in [0.2, 0.25) is 0 Å². The van der Waals surface area contributed by atoms with Gasteiger partial charge in [-0.25, -0.2) is 9.97 Å². The van der Waals surface area contributed by atoms with E-state index in [4.69, 9.17) is 10.5 Å². The van der Waals surface area contributed by atoms with Crippen molar-refractivity contribution in [3.8, 4) is 0 Å². The first-order chi connectivity index (χ1) is 8.83. The average molecular weight is 261 g/mol. The Hall–Kier alpha value is -1.33. The third-order valence-corrected chi connectivity index (χ3v) is 4.42. The lowest BCUT2D eigenvalue weighted by Gasteiger charge is -2.21. The van der Waals surface area contributed by atoms with Crippen molar-refractivity contribution in [2.75, 3.05) is 18.9 Å². The number of aromatic nitrogens is 2. The smallest absolute Gasteiger partial charge is 0.117 e. The van der Waals surface area contributed by atoms with Crippen LogP contribution in [0.5, 0.6) is 0 Å². The van der Waals surface area contributed by atoms with Crippen LogP contribution in [0.1, 0.15) is 12.8 Å². The van der Waals surface area contributed by atoms with E-state index in [1.165, 1.54) is 0 Å². The Balaban J connectivity index is 1.91. The minimum Gasteiger partial charge on any atom is -0.399 e. The van der Waals surface area contributed by atoms with Gasteiger partial charge in [-0.1, -0.05) is 0 Å². The zero-order valence-corrected chi connectivity index (χ0v) is 10.8. The lowest BCUT2D eigenvalue weighted by atomic mass is 10.2. The fourth-order valence-electron chi connectivity index (χ4n) is 2.09. The first-order valence-corrected chi connectivity index (χ1v) is 6.95. The van der Waals surface area contributed by atoms with Gasteiger partial charge in [-0.15, -0.1) is 11.8 Å². The molecular weight excluding hydrogens is 246 g/mol. The quantitative estimate of drug-likeness (QED) is 0.664. The number of thioether (sulfide) groups is 1. The molecule has 1 aromatic carbocycles. The molecule has 94 valence electrons. The molecule has 1 fully saturated rings. The minimum atomic E-state index is 0.592. The molecule has 0 radical (unpaired) electrons. The number of ether oxygens (including phenoxy) is 1. The van der Waals surface area contributed by atoms with Crippen LogP contribution < -0.4 is 5.73 Å². The number of benzene rings is 1. The highest BCUT2D eigenvalue weighted by atomic mass is 32.2. The zero-order chi connectivity index (χ0) is 12.4. The number of nitrogens with zero attached hydrogens (tertiary/aromatic N) is 2. The summed E-state index contributed by atoms with van der Waals surface area (Å²) >= 11 is 1.83. The van der Waals surface area contributed by atoms with Gasteiger partial charge in [0.15, 0.2) is 0 Å². The normalized spacial score (nSPS) is 17.1. The van der Waals surface area contributed by atoms with E-state index in [-0.39, 0.29) is 0 Å². The molecule has 2 N–H and O–H groups in total. The second kappa shape index (κ2) is 5.12. The van der Waals surface area contributed by atoms with E-state index in [2.05, 4.69) is 9.97 Å². The molecule has 1 aliphatic rings. The lowest BCUT2D eigenvalue weighted by molar-refractivity contribution is 0.1000. The van der Waals surface area contributed by atoms with Gasteiger partial charge in [0.25, 0.3) is 0 Å². The number of rotatable bonds is 2. The predicted molar refractivity (Wildman–Crippen MR) is 73.6 cm³/mol. The first kappa shape index (κ1) is 11.7. The van der Waals surface area contributed by atoms with Crippen LogP contribution in [0, 0.1) is 0 Å². The Morgan fingerprint density at radius 2 is 2.06 bits per heavy atom. The van der Waals surface area contributed by atoms with Crippen molar-refractivity contribution >= 4 is 28.4 Å². The molecule has 0 bridgehead atoms. The number of nitrogen functional groups attached to an aromatic ring is 1. The molecule has 0 atom stereocenters. The summed E-state index contributed by atoms with van der Waals surface area (Å²) in [5.74, 6) is 0. The van der Waals surface area contributed by atoms with E-state index in [1.54, 1.807) is 6.33 Å². The number of anilines is 1. The second-order valence-electron chi connectivity index (χ2n) is 4.38. The molecule has 5 heteroatoms. The molecule has 1 aromatic heterocycles. The topological polar surface area (TPSA) is 61.0 Å². The Labute approximate surface area is 110 Å². The number of nitrogens with two attached hydrogens (primary N) is 1. The summed E-state index contributed by atoms with van der Waals surface area (Å²) in [6.45, 7) is 1.71. The first-order valence-electron chi connectivity index (χ1n) is 6.07. The summed E-state index contributed by atoms with van der Waals surface area (Å²) in [5, 5.41) is 2.73. The summed E-state index contributed by atoms with van der Waals surface area (Å²) in [7, 11) is 0. The third-order valence-electron chi connectivity index (χ3n) is 3.07. The summed E-state index contributed by atoms with van der Waals surface area (Å²) in [5.41, 5.74) is 7.43. The molecule has 0 spiro atoms. The number of hydrogen-bond acceptors (Lipinski definition) is 5. The van der Waals surface area contributed by atoms with Gasteiger partial charge in [-0.3, -0.25) is 0 Å². The van der Waals surface area contributed by atoms with Gasteiger partial charge in [-0.2, -0.15) is 0 Å². The second-order valence-corrected chi connectivity index (χ2v) is 5.67. The molecule has 18 heavy (non-hydrogen) atoms. The van der Waals surface area contributed by atoms with Crippen molar-refractivity contribution in [3.05, 3.63) is 24.5 Å². The maximum atomic E-state index is 5.77. The van der Waals surface area contributed by atoms with Crippen LogP contribution in [0.25, 0.3) is 10.9 Å². The predicted octanol–water partition coefficient (Wildman–Crippen LogP) is 2.48. The van der Waals surface area contributed by atoms with E-state index in [9.17, 15) is 0 Å². The summed E-state index contributed by atoms with van der Waals surface area (Å²) < 4.78 is 5.38. The summed E-state index contributed by atoms with van der Waals surface area (Å²) in [6.07, 6.45) is 3.79. The van der Waals surface area contributed by atoms with Crippen molar-refractivity contribution in [3.63, 3.8) is 0 Å². The summed E-state index contributed by atoms with van der Waals surface area (Å²) in [6, 6.07) is 5.80. The van der Waals surface area contributed by atoms with E-state index in [1.807, 2.05) is 30.0 Å². The maximum Gasteiger partial charge on any atom is 0.117 e. The average Bonchev–Trinajstić information content (AvgIpc) is 2.40. The molecule has 0 saturated carbocycles. The van der Waals surface area contributed by atoms with Gasteiger partial charge >= 0.3 is 0 Å². The van der Waals surface area contributed by atoms with Crippen LogP contribution >= 0.6 is 11.8 Å². The SMILES string of the molecule is Nc1ccc2c(SC3CCOCC3)ncnc2c1. The molecule has 0 aliphatic carbocycles. The van der Waals surface area contributed by atoms with Gasteiger partial charge < -0.3 is 10.5 Å². The lowest BCUT2D eigenvalue weighted by Crippen LogP contribution is -2.17. The maximum absolute atomic E-state index is 5.77.